The van der Waals surface area contributed by atoms with Gasteiger partial charge >= 0.3 is 11.9 Å². The number of carbonyl (C=O) groups excluding carboxylic acids is 1. The molecule has 7 heteroatoms. The summed E-state index contributed by atoms with van der Waals surface area (Å²) >= 11 is 0. The van der Waals surface area contributed by atoms with Gasteiger partial charge in [-0.25, -0.2) is 4.79 Å². The standard InChI is InChI=1S/C25H31NO6/c1-2-3-7-20(24(29)30)15-21(23(28)26-16-22(27)25(31)32)14-17-10-12-19(13-11-17)18-8-5-4-6-9-18/h4-6,8-13,20-22,27H,2-3,7,14-16H2,1H3,(H,26,28)(H,29,30)(H,31,32)/t20-,21-,22?/m0/s1. The van der Waals surface area contributed by atoms with Crippen molar-refractivity contribution in [3.63, 3.8) is 0 Å². The van der Waals surface area contributed by atoms with Crippen LogP contribution in [-0.4, -0.2) is 45.8 Å². The van der Waals surface area contributed by atoms with E-state index < -0.39 is 42.3 Å². The average molecular weight is 442 g/mol. The molecule has 2 rings (SSSR count). The first-order valence-corrected chi connectivity index (χ1v) is 10.9. The van der Waals surface area contributed by atoms with Crippen LogP contribution in [0.1, 0.15) is 38.2 Å². The second-order valence-electron chi connectivity index (χ2n) is 7.98. The van der Waals surface area contributed by atoms with Crippen molar-refractivity contribution in [3.8, 4) is 11.1 Å². The fraction of sp³-hybridized carbons (Fsp3) is 0.400. The van der Waals surface area contributed by atoms with Crippen LogP contribution in [0.4, 0.5) is 0 Å². The first-order valence-electron chi connectivity index (χ1n) is 10.9. The van der Waals surface area contributed by atoms with Gasteiger partial charge in [-0.3, -0.25) is 9.59 Å². The van der Waals surface area contributed by atoms with E-state index >= 15 is 0 Å². The number of aliphatic hydroxyl groups excluding tert-OH is 1. The quantitative estimate of drug-likeness (QED) is 0.378. The molecule has 1 amide bonds. The number of unbranched alkanes of at least 4 members (excludes halogenated alkanes) is 1. The van der Waals surface area contributed by atoms with Crippen molar-refractivity contribution < 1.29 is 29.7 Å². The lowest BCUT2D eigenvalue weighted by Gasteiger charge is -2.21. The Bertz CT molecular complexity index is 881. The number of carboxylic acids is 2. The predicted molar refractivity (Wildman–Crippen MR) is 121 cm³/mol. The van der Waals surface area contributed by atoms with E-state index in [1.807, 2.05) is 61.5 Å². The summed E-state index contributed by atoms with van der Waals surface area (Å²) in [5.74, 6) is -4.15. The van der Waals surface area contributed by atoms with Gasteiger partial charge in [0.25, 0.3) is 0 Å². The summed E-state index contributed by atoms with van der Waals surface area (Å²) in [6, 6.07) is 17.6. The van der Waals surface area contributed by atoms with Crippen LogP contribution in [0.3, 0.4) is 0 Å². The highest BCUT2D eigenvalue weighted by Gasteiger charge is 2.28. The molecule has 4 N–H and O–H groups in total. The molecule has 0 aliphatic carbocycles. The van der Waals surface area contributed by atoms with Crippen LogP contribution < -0.4 is 5.32 Å². The zero-order chi connectivity index (χ0) is 23.5. The number of aliphatic hydroxyl groups is 1. The third kappa shape index (κ3) is 7.81. The number of carboxylic acid groups (broad SMARTS) is 2. The fourth-order valence-corrected chi connectivity index (χ4v) is 3.60. The topological polar surface area (TPSA) is 124 Å². The third-order valence-corrected chi connectivity index (χ3v) is 5.49. The molecule has 2 aromatic rings. The Balaban J connectivity index is 2.16. The van der Waals surface area contributed by atoms with Crippen LogP contribution in [0.15, 0.2) is 54.6 Å². The Morgan fingerprint density at radius 3 is 2.06 bits per heavy atom. The highest BCUT2D eigenvalue weighted by Crippen LogP contribution is 2.25. The van der Waals surface area contributed by atoms with Gasteiger partial charge < -0.3 is 20.6 Å². The lowest BCUT2D eigenvalue weighted by molar-refractivity contribution is -0.146. The monoisotopic (exact) mass is 441 g/mol. The molecule has 3 atom stereocenters. The van der Waals surface area contributed by atoms with E-state index in [0.717, 1.165) is 29.5 Å². The zero-order valence-electron chi connectivity index (χ0n) is 18.2. The summed E-state index contributed by atoms with van der Waals surface area (Å²) in [5.41, 5.74) is 2.98. The number of amides is 1. The summed E-state index contributed by atoms with van der Waals surface area (Å²) in [7, 11) is 0. The minimum atomic E-state index is -1.71. The van der Waals surface area contributed by atoms with Crippen LogP contribution in [-0.2, 0) is 20.8 Å². The average Bonchev–Trinajstić information content (AvgIpc) is 2.79. The molecule has 0 bridgehead atoms. The molecule has 0 saturated heterocycles. The number of rotatable bonds is 13. The minimum Gasteiger partial charge on any atom is -0.481 e. The normalized spacial score (nSPS) is 13.7. The predicted octanol–water partition coefficient (Wildman–Crippen LogP) is 3.36. The zero-order valence-corrected chi connectivity index (χ0v) is 18.2. The van der Waals surface area contributed by atoms with Crippen molar-refractivity contribution in [2.24, 2.45) is 11.8 Å². The van der Waals surface area contributed by atoms with Crippen LogP contribution in [0.2, 0.25) is 0 Å². The highest BCUT2D eigenvalue weighted by molar-refractivity contribution is 5.81. The van der Waals surface area contributed by atoms with Gasteiger partial charge in [0.2, 0.25) is 5.91 Å². The number of benzene rings is 2. The maximum Gasteiger partial charge on any atom is 0.334 e. The van der Waals surface area contributed by atoms with E-state index in [4.69, 9.17) is 5.11 Å². The smallest absolute Gasteiger partial charge is 0.334 e. The van der Waals surface area contributed by atoms with E-state index in [0.29, 0.717) is 12.8 Å². The van der Waals surface area contributed by atoms with Gasteiger partial charge in [-0.2, -0.15) is 0 Å². The molecular formula is C25H31NO6. The molecule has 7 nitrogen and oxygen atoms in total. The van der Waals surface area contributed by atoms with Gasteiger partial charge in [0.15, 0.2) is 6.10 Å². The Kier molecular flexibility index (Phi) is 9.88. The highest BCUT2D eigenvalue weighted by atomic mass is 16.4. The molecular weight excluding hydrogens is 410 g/mol. The summed E-state index contributed by atoms with van der Waals surface area (Å²) in [4.78, 5) is 35.3. The third-order valence-electron chi connectivity index (χ3n) is 5.49. The minimum absolute atomic E-state index is 0.144. The second-order valence-corrected chi connectivity index (χ2v) is 7.98. The van der Waals surface area contributed by atoms with E-state index in [-0.39, 0.29) is 6.42 Å². The summed E-state index contributed by atoms with van der Waals surface area (Å²) in [6.45, 7) is 1.55. The molecule has 0 spiro atoms. The Morgan fingerprint density at radius 2 is 1.50 bits per heavy atom. The van der Waals surface area contributed by atoms with Crippen molar-refractivity contribution in [1.29, 1.82) is 0 Å². The fourth-order valence-electron chi connectivity index (χ4n) is 3.60. The van der Waals surface area contributed by atoms with Crippen molar-refractivity contribution in [2.75, 3.05) is 6.54 Å². The van der Waals surface area contributed by atoms with Gasteiger partial charge in [0, 0.05) is 5.92 Å². The maximum atomic E-state index is 12.8. The van der Waals surface area contributed by atoms with E-state index in [9.17, 15) is 24.6 Å². The van der Waals surface area contributed by atoms with E-state index in [2.05, 4.69) is 5.32 Å². The second kappa shape index (κ2) is 12.6. The van der Waals surface area contributed by atoms with Crippen LogP contribution in [0, 0.1) is 11.8 Å². The van der Waals surface area contributed by atoms with Gasteiger partial charge in [0.1, 0.15) is 0 Å². The maximum absolute atomic E-state index is 12.8. The molecule has 1 unspecified atom stereocenters. The lowest BCUT2D eigenvalue weighted by Crippen LogP contribution is -2.41. The molecule has 2 aromatic carbocycles. The van der Waals surface area contributed by atoms with Gasteiger partial charge in [-0.15, -0.1) is 0 Å². The lowest BCUT2D eigenvalue weighted by atomic mass is 9.86. The van der Waals surface area contributed by atoms with Crippen LogP contribution in [0.5, 0.6) is 0 Å². The molecule has 0 aliphatic heterocycles. The SMILES string of the molecule is CCCC[C@@H](C[C@H](Cc1ccc(-c2ccccc2)cc1)C(=O)NCC(O)C(=O)O)C(=O)O. The van der Waals surface area contributed by atoms with Crippen LogP contribution >= 0.6 is 0 Å². The largest absolute Gasteiger partial charge is 0.481 e. The molecule has 0 heterocycles. The van der Waals surface area contributed by atoms with Gasteiger partial charge in [-0.1, -0.05) is 74.4 Å². The Morgan fingerprint density at radius 1 is 0.875 bits per heavy atom. The van der Waals surface area contributed by atoms with Gasteiger partial charge in [-0.05, 0) is 36.0 Å². The molecule has 0 radical (unpaired) electrons. The van der Waals surface area contributed by atoms with Crippen molar-refractivity contribution in [2.45, 2.75) is 45.1 Å². The first-order chi connectivity index (χ1) is 15.3. The molecule has 0 fully saturated rings. The van der Waals surface area contributed by atoms with Crippen molar-refractivity contribution >= 4 is 17.8 Å². The summed E-state index contributed by atoms with van der Waals surface area (Å²) < 4.78 is 0. The summed E-state index contributed by atoms with van der Waals surface area (Å²) in [5, 5.41) is 30.3. The number of hydrogen-bond donors (Lipinski definition) is 4. The Hall–Kier alpha value is -3.19. The van der Waals surface area contributed by atoms with E-state index in [1.165, 1.54) is 0 Å². The number of aliphatic carboxylic acids is 2. The van der Waals surface area contributed by atoms with Gasteiger partial charge in [0.05, 0.1) is 12.5 Å². The number of carbonyl (C=O) groups is 3. The molecule has 172 valence electrons. The van der Waals surface area contributed by atoms with Crippen LogP contribution in [0.25, 0.3) is 11.1 Å². The van der Waals surface area contributed by atoms with Crippen molar-refractivity contribution in [3.05, 3.63) is 60.2 Å². The molecule has 0 aromatic heterocycles. The number of hydrogen-bond acceptors (Lipinski definition) is 4. The summed E-state index contributed by atoms with van der Waals surface area (Å²) in [6.07, 6.45) is 0.826. The van der Waals surface area contributed by atoms with E-state index in [1.54, 1.807) is 0 Å². The molecule has 0 aliphatic rings. The number of nitrogens with one attached hydrogen (secondary N) is 1. The Labute approximate surface area is 188 Å². The van der Waals surface area contributed by atoms with Crippen molar-refractivity contribution in [1.82, 2.24) is 5.32 Å². The first kappa shape index (κ1) is 25.1. The molecule has 32 heavy (non-hydrogen) atoms. The molecule has 0 saturated carbocycles.